The molecule has 0 unspecified atom stereocenters. The van der Waals surface area contributed by atoms with E-state index >= 15 is 0 Å². The highest BCUT2D eigenvalue weighted by atomic mass is 32.2. The summed E-state index contributed by atoms with van der Waals surface area (Å²) in [6.07, 6.45) is 0.377. The summed E-state index contributed by atoms with van der Waals surface area (Å²) in [7, 11) is 0. The van der Waals surface area contributed by atoms with Crippen molar-refractivity contribution in [3.05, 3.63) is 11.8 Å². The Hall–Kier alpha value is -1.48. The van der Waals surface area contributed by atoms with Gasteiger partial charge in [-0.3, -0.25) is 9.48 Å². The molecule has 1 aromatic rings. The molecule has 0 saturated carbocycles. The number of thioether (sulfide) groups is 1. The summed E-state index contributed by atoms with van der Waals surface area (Å²) in [5.41, 5.74) is 0.834. The number of carboxylic acid groups (broad SMARTS) is 1. The molecule has 0 saturated heterocycles. The van der Waals surface area contributed by atoms with Crippen LogP contribution in [0.2, 0.25) is 0 Å². The number of carbonyl (C=O) groups is 1. The molecular weight excluding hydrogens is 214 g/mol. The summed E-state index contributed by atoms with van der Waals surface area (Å²) in [6, 6.07) is 3.86. The van der Waals surface area contributed by atoms with Crippen LogP contribution in [0.1, 0.15) is 12.1 Å². The summed E-state index contributed by atoms with van der Waals surface area (Å²) in [5.74, 6) is -0.844. The highest BCUT2D eigenvalue weighted by Crippen LogP contribution is 2.19. The average Bonchev–Trinajstić information content (AvgIpc) is 2.52. The second-order valence-electron chi connectivity index (χ2n) is 2.94. The largest absolute Gasteiger partial charge is 0.481 e. The maximum Gasteiger partial charge on any atom is 0.313 e. The van der Waals surface area contributed by atoms with Gasteiger partial charge in [-0.05, 0) is 13.0 Å². The second-order valence-corrected chi connectivity index (χ2v) is 3.93. The van der Waals surface area contributed by atoms with Gasteiger partial charge in [0, 0.05) is 0 Å². The third-order valence-electron chi connectivity index (χ3n) is 1.64. The van der Waals surface area contributed by atoms with E-state index in [1.807, 2.05) is 19.1 Å². The number of nitriles is 1. The molecule has 0 aliphatic rings. The van der Waals surface area contributed by atoms with Gasteiger partial charge in [0.2, 0.25) is 0 Å². The van der Waals surface area contributed by atoms with Crippen LogP contribution in [-0.2, 0) is 11.3 Å². The zero-order valence-corrected chi connectivity index (χ0v) is 9.12. The fourth-order valence-electron chi connectivity index (χ4n) is 1.09. The number of nitrogens with zero attached hydrogens (tertiary/aromatic N) is 3. The van der Waals surface area contributed by atoms with Crippen molar-refractivity contribution in [1.82, 2.24) is 9.78 Å². The summed E-state index contributed by atoms with van der Waals surface area (Å²) < 4.78 is 1.67. The van der Waals surface area contributed by atoms with E-state index in [1.54, 1.807) is 4.68 Å². The molecule has 0 fully saturated rings. The van der Waals surface area contributed by atoms with Crippen LogP contribution in [0.25, 0.3) is 0 Å². The quantitative estimate of drug-likeness (QED) is 0.764. The molecule has 0 amide bonds. The lowest BCUT2D eigenvalue weighted by atomic mass is 10.5. The van der Waals surface area contributed by atoms with Crippen molar-refractivity contribution in [2.75, 3.05) is 5.75 Å². The van der Waals surface area contributed by atoms with E-state index in [4.69, 9.17) is 10.4 Å². The van der Waals surface area contributed by atoms with Gasteiger partial charge in [-0.25, -0.2) is 0 Å². The van der Waals surface area contributed by atoms with E-state index in [1.165, 1.54) is 11.8 Å². The normalized spacial score (nSPS) is 9.87. The van der Waals surface area contributed by atoms with Crippen LogP contribution in [0, 0.1) is 18.3 Å². The van der Waals surface area contributed by atoms with E-state index in [2.05, 4.69) is 5.10 Å². The van der Waals surface area contributed by atoms with Crippen LogP contribution in [0.4, 0.5) is 0 Å². The molecule has 0 radical (unpaired) electrons. The molecule has 0 atom stereocenters. The van der Waals surface area contributed by atoms with E-state index in [0.717, 1.165) is 10.7 Å². The molecule has 1 N–H and O–H groups in total. The first-order valence-electron chi connectivity index (χ1n) is 4.39. The first-order valence-corrected chi connectivity index (χ1v) is 5.38. The summed E-state index contributed by atoms with van der Waals surface area (Å²) in [6.45, 7) is 2.35. The molecular formula is C9H11N3O2S. The minimum atomic E-state index is -0.856. The van der Waals surface area contributed by atoms with Gasteiger partial charge in [0.05, 0.1) is 35.5 Å². The van der Waals surface area contributed by atoms with Gasteiger partial charge in [0.15, 0.2) is 0 Å². The molecule has 1 aromatic heterocycles. The van der Waals surface area contributed by atoms with Crippen molar-refractivity contribution < 1.29 is 9.90 Å². The van der Waals surface area contributed by atoms with Gasteiger partial charge < -0.3 is 5.11 Å². The minimum absolute atomic E-state index is 0.0116. The van der Waals surface area contributed by atoms with Crippen LogP contribution < -0.4 is 0 Å². The molecule has 80 valence electrons. The summed E-state index contributed by atoms with van der Waals surface area (Å²) >= 11 is 1.22. The van der Waals surface area contributed by atoms with Crippen LogP contribution in [0.15, 0.2) is 11.1 Å². The number of hydrogen-bond donors (Lipinski definition) is 1. The summed E-state index contributed by atoms with van der Waals surface area (Å²) in [4.78, 5) is 10.4. The van der Waals surface area contributed by atoms with Gasteiger partial charge >= 0.3 is 5.97 Å². The van der Waals surface area contributed by atoms with E-state index in [0.29, 0.717) is 13.0 Å². The first-order chi connectivity index (χ1) is 7.13. The van der Waals surface area contributed by atoms with Gasteiger partial charge in [-0.15, -0.1) is 0 Å². The van der Waals surface area contributed by atoms with Crippen molar-refractivity contribution in [3.63, 3.8) is 0 Å². The summed E-state index contributed by atoms with van der Waals surface area (Å²) in [5, 5.41) is 22.0. The standard InChI is InChI=1S/C9H11N3O2S/c1-7-5-8(15-6-9(13)14)12(11-7)4-2-3-10/h5H,2,4,6H2,1H3,(H,13,14). The van der Waals surface area contributed by atoms with Crippen molar-refractivity contribution >= 4 is 17.7 Å². The Morgan fingerprint density at radius 3 is 3.13 bits per heavy atom. The van der Waals surface area contributed by atoms with Gasteiger partial charge in [0.1, 0.15) is 0 Å². The molecule has 0 spiro atoms. The molecule has 15 heavy (non-hydrogen) atoms. The monoisotopic (exact) mass is 225 g/mol. The molecule has 5 nitrogen and oxygen atoms in total. The number of aryl methyl sites for hydroxylation is 2. The minimum Gasteiger partial charge on any atom is -0.481 e. The van der Waals surface area contributed by atoms with Crippen molar-refractivity contribution in [2.24, 2.45) is 0 Å². The second kappa shape index (κ2) is 5.41. The number of hydrogen-bond acceptors (Lipinski definition) is 4. The van der Waals surface area contributed by atoms with Gasteiger partial charge in [0.25, 0.3) is 0 Å². The Labute approximate surface area is 91.7 Å². The number of rotatable bonds is 5. The number of aliphatic carboxylic acids is 1. The fraction of sp³-hybridized carbons (Fsp3) is 0.444. The lowest BCUT2D eigenvalue weighted by molar-refractivity contribution is -0.133. The Balaban J connectivity index is 2.68. The highest BCUT2D eigenvalue weighted by molar-refractivity contribution is 7.99. The van der Waals surface area contributed by atoms with E-state index in [9.17, 15) is 4.79 Å². The van der Waals surface area contributed by atoms with Crippen LogP contribution in [-0.4, -0.2) is 26.6 Å². The van der Waals surface area contributed by atoms with E-state index < -0.39 is 5.97 Å². The Kier molecular flexibility index (Phi) is 4.18. The van der Waals surface area contributed by atoms with Crippen LogP contribution in [0.5, 0.6) is 0 Å². The number of aromatic nitrogens is 2. The molecule has 0 aromatic carbocycles. The molecule has 0 aliphatic heterocycles. The maximum absolute atomic E-state index is 10.4. The fourth-order valence-corrected chi connectivity index (χ4v) is 1.90. The zero-order valence-electron chi connectivity index (χ0n) is 8.30. The van der Waals surface area contributed by atoms with Crippen LogP contribution >= 0.6 is 11.8 Å². The zero-order chi connectivity index (χ0) is 11.3. The lowest BCUT2D eigenvalue weighted by Gasteiger charge is -2.02. The van der Waals surface area contributed by atoms with Gasteiger partial charge in [-0.2, -0.15) is 10.4 Å². The van der Waals surface area contributed by atoms with Crippen molar-refractivity contribution in [2.45, 2.75) is 24.9 Å². The SMILES string of the molecule is Cc1cc(SCC(=O)O)n(CCC#N)n1. The molecule has 6 heteroatoms. The van der Waals surface area contributed by atoms with Crippen LogP contribution in [0.3, 0.4) is 0 Å². The average molecular weight is 225 g/mol. The molecule has 0 aliphatic carbocycles. The molecule has 1 heterocycles. The lowest BCUT2D eigenvalue weighted by Crippen LogP contribution is -2.04. The third-order valence-corrected chi connectivity index (χ3v) is 2.66. The Morgan fingerprint density at radius 2 is 2.53 bits per heavy atom. The van der Waals surface area contributed by atoms with Crippen molar-refractivity contribution in [1.29, 1.82) is 5.26 Å². The Morgan fingerprint density at radius 1 is 1.80 bits per heavy atom. The first kappa shape index (κ1) is 11.6. The topological polar surface area (TPSA) is 78.9 Å². The smallest absolute Gasteiger partial charge is 0.313 e. The molecule has 0 bridgehead atoms. The molecule has 1 rings (SSSR count). The predicted molar refractivity (Wildman–Crippen MR) is 55.6 cm³/mol. The Bertz CT molecular complexity index is 395. The maximum atomic E-state index is 10.4. The van der Waals surface area contributed by atoms with Gasteiger partial charge in [-0.1, -0.05) is 11.8 Å². The number of carboxylic acids is 1. The van der Waals surface area contributed by atoms with E-state index in [-0.39, 0.29) is 5.75 Å². The van der Waals surface area contributed by atoms with Crippen molar-refractivity contribution in [3.8, 4) is 6.07 Å². The third kappa shape index (κ3) is 3.64. The predicted octanol–water partition coefficient (Wildman–Crippen LogP) is 1.28. The highest BCUT2D eigenvalue weighted by Gasteiger charge is 2.07.